The lowest BCUT2D eigenvalue weighted by Gasteiger charge is -2.24. The molecule has 30 heavy (non-hydrogen) atoms. The summed E-state index contributed by atoms with van der Waals surface area (Å²) in [5.74, 6) is -1.49. The Morgan fingerprint density at radius 2 is 1.37 bits per heavy atom. The van der Waals surface area contributed by atoms with Gasteiger partial charge in [0.05, 0.1) is 6.04 Å². The highest BCUT2D eigenvalue weighted by atomic mass is 32.2. The minimum Gasteiger partial charge on any atom is -0.480 e. The molecule has 5 atom stereocenters. The number of hydrogen-bond donors (Lipinski definition) is 5. The molecule has 3 amide bonds. The van der Waals surface area contributed by atoms with Crippen LogP contribution >= 0.6 is 23.5 Å². The third-order valence-corrected chi connectivity index (χ3v) is 6.07. The van der Waals surface area contributed by atoms with Crippen molar-refractivity contribution >= 4 is 47.2 Å². The largest absolute Gasteiger partial charge is 0.480 e. The van der Waals surface area contributed by atoms with Gasteiger partial charge in [0.25, 0.3) is 0 Å². The van der Waals surface area contributed by atoms with Gasteiger partial charge in [-0.05, 0) is 49.7 Å². The van der Waals surface area contributed by atoms with Crippen LogP contribution in [-0.4, -0.2) is 77.0 Å². The van der Waals surface area contributed by atoms with Gasteiger partial charge in [0.15, 0.2) is 0 Å². The topological polar surface area (TPSA) is 151 Å². The highest BCUT2D eigenvalue weighted by molar-refractivity contribution is 7.98. The van der Waals surface area contributed by atoms with Crippen molar-refractivity contribution in [1.82, 2.24) is 16.0 Å². The Morgan fingerprint density at radius 1 is 0.867 bits per heavy atom. The van der Waals surface area contributed by atoms with Crippen molar-refractivity contribution in [3.8, 4) is 0 Å². The summed E-state index contributed by atoms with van der Waals surface area (Å²) in [7, 11) is 0. The van der Waals surface area contributed by atoms with Crippen molar-refractivity contribution in [2.24, 2.45) is 11.7 Å². The summed E-state index contributed by atoms with van der Waals surface area (Å²) in [4.78, 5) is 48.8. The zero-order chi connectivity index (χ0) is 23.3. The van der Waals surface area contributed by atoms with Gasteiger partial charge in [0, 0.05) is 0 Å². The Kier molecular flexibility index (Phi) is 14.6. The molecule has 0 saturated heterocycles. The normalized spacial score (nSPS) is 15.9. The molecule has 0 radical (unpaired) electrons. The first-order valence-electron chi connectivity index (χ1n) is 9.96. The second-order valence-electron chi connectivity index (χ2n) is 7.17. The van der Waals surface area contributed by atoms with Crippen molar-refractivity contribution in [3.05, 3.63) is 0 Å². The molecule has 0 aliphatic carbocycles. The van der Waals surface area contributed by atoms with Crippen LogP contribution in [-0.2, 0) is 19.2 Å². The molecule has 0 fully saturated rings. The zero-order valence-corrected chi connectivity index (χ0v) is 20.0. The summed E-state index contributed by atoms with van der Waals surface area (Å²) >= 11 is 2.99. The molecule has 9 nitrogen and oxygen atoms in total. The molecule has 0 bridgehead atoms. The van der Waals surface area contributed by atoms with Crippen LogP contribution in [0.1, 0.15) is 40.0 Å². The maximum atomic E-state index is 12.6. The number of carbonyl (C=O) groups excluding carboxylic acids is 3. The summed E-state index contributed by atoms with van der Waals surface area (Å²) in [6, 6.07) is -3.54. The average Bonchev–Trinajstić information content (AvgIpc) is 2.71. The minimum absolute atomic E-state index is 0.0328. The number of aliphatic carboxylic acids is 1. The van der Waals surface area contributed by atoms with Crippen LogP contribution < -0.4 is 21.7 Å². The monoisotopic (exact) mass is 464 g/mol. The Labute approximate surface area is 187 Å². The molecular weight excluding hydrogens is 428 g/mol. The van der Waals surface area contributed by atoms with Crippen LogP contribution in [0.15, 0.2) is 0 Å². The van der Waals surface area contributed by atoms with Crippen molar-refractivity contribution in [2.75, 3.05) is 24.0 Å². The maximum absolute atomic E-state index is 12.6. The number of nitrogens with two attached hydrogens (primary N) is 1. The molecule has 6 N–H and O–H groups in total. The summed E-state index contributed by atoms with van der Waals surface area (Å²) in [6.07, 6.45) is 5.07. The van der Waals surface area contributed by atoms with E-state index < -0.39 is 47.9 Å². The van der Waals surface area contributed by atoms with Gasteiger partial charge in [-0.3, -0.25) is 14.4 Å². The molecule has 0 aromatic carbocycles. The van der Waals surface area contributed by atoms with Gasteiger partial charge in [-0.25, -0.2) is 4.79 Å². The van der Waals surface area contributed by atoms with Gasteiger partial charge in [-0.1, -0.05) is 20.3 Å². The fourth-order valence-corrected chi connectivity index (χ4v) is 3.40. The van der Waals surface area contributed by atoms with E-state index in [2.05, 4.69) is 16.0 Å². The number of amides is 3. The Balaban J connectivity index is 5.04. The van der Waals surface area contributed by atoms with E-state index in [0.717, 1.165) is 6.42 Å². The SMILES string of the molecule is CCC(C)C(N)C(=O)NC(C)C(=O)NC(CCSC)C(=O)NC(CCSC)C(=O)O. The van der Waals surface area contributed by atoms with E-state index in [0.29, 0.717) is 17.9 Å². The summed E-state index contributed by atoms with van der Waals surface area (Å²) in [6.45, 7) is 5.29. The highest BCUT2D eigenvalue weighted by Gasteiger charge is 2.29. The second-order valence-corrected chi connectivity index (χ2v) is 9.14. The maximum Gasteiger partial charge on any atom is 0.326 e. The number of carboxylic acids is 1. The van der Waals surface area contributed by atoms with E-state index in [-0.39, 0.29) is 12.3 Å². The third-order valence-electron chi connectivity index (χ3n) is 4.78. The Morgan fingerprint density at radius 3 is 1.83 bits per heavy atom. The lowest BCUT2D eigenvalue weighted by atomic mass is 9.99. The molecule has 0 aromatic rings. The summed E-state index contributed by atoms with van der Waals surface area (Å²) < 4.78 is 0. The number of hydrogen-bond acceptors (Lipinski definition) is 7. The van der Waals surface area contributed by atoms with E-state index >= 15 is 0 Å². The van der Waals surface area contributed by atoms with Gasteiger partial charge in [0.2, 0.25) is 17.7 Å². The molecule has 0 saturated carbocycles. The first-order chi connectivity index (χ1) is 14.1. The van der Waals surface area contributed by atoms with Gasteiger partial charge in [0.1, 0.15) is 18.1 Å². The van der Waals surface area contributed by atoms with E-state index in [9.17, 15) is 24.3 Å². The predicted molar refractivity (Wildman–Crippen MR) is 123 cm³/mol. The predicted octanol–water partition coefficient (Wildman–Crippen LogP) is 0.425. The van der Waals surface area contributed by atoms with Crippen LogP contribution in [0.3, 0.4) is 0 Å². The number of carboxylic acid groups (broad SMARTS) is 1. The van der Waals surface area contributed by atoms with Crippen LogP contribution in [0.2, 0.25) is 0 Å². The molecule has 0 aromatic heterocycles. The molecule has 0 rings (SSSR count). The summed E-state index contributed by atoms with van der Waals surface area (Å²) in [5.41, 5.74) is 5.89. The van der Waals surface area contributed by atoms with Crippen LogP contribution in [0.25, 0.3) is 0 Å². The van der Waals surface area contributed by atoms with E-state index in [1.54, 1.807) is 0 Å². The fraction of sp³-hybridized carbons (Fsp3) is 0.789. The molecular formula is C19H36N4O5S2. The van der Waals surface area contributed by atoms with Crippen LogP contribution in [0.5, 0.6) is 0 Å². The van der Waals surface area contributed by atoms with Crippen molar-refractivity contribution < 1.29 is 24.3 Å². The lowest BCUT2D eigenvalue weighted by molar-refractivity contribution is -0.142. The zero-order valence-electron chi connectivity index (χ0n) is 18.4. The Bertz CT molecular complexity index is 579. The molecule has 0 aliphatic heterocycles. The first kappa shape index (κ1) is 28.5. The van der Waals surface area contributed by atoms with Gasteiger partial charge in [-0.15, -0.1) is 0 Å². The van der Waals surface area contributed by atoms with Gasteiger partial charge in [-0.2, -0.15) is 23.5 Å². The van der Waals surface area contributed by atoms with Crippen molar-refractivity contribution in [3.63, 3.8) is 0 Å². The molecule has 0 aliphatic rings. The molecule has 5 unspecified atom stereocenters. The number of thioether (sulfide) groups is 2. The molecule has 0 spiro atoms. The molecule has 0 heterocycles. The molecule has 174 valence electrons. The third kappa shape index (κ3) is 10.5. The number of rotatable bonds is 15. The quantitative estimate of drug-likeness (QED) is 0.234. The van der Waals surface area contributed by atoms with E-state index in [4.69, 9.17) is 5.73 Å². The van der Waals surface area contributed by atoms with E-state index in [1.807, 2.05) is 26.4 Å². The fourth-order valence-electron chi connectivity index (χ4n) is 2.45. The smallest absolute Gasteiger partial charge is 0.326 e. The summed E-state index contributed by atoms with van der Waals surface area (Å²) in [5, 5.41) is 17.0. The average molecular weight is 465 g/mol. The van der Waals surface area contributed by atoms with E-state index in [1.165, 1.54) is 30.4 Å². The standard InChI is InChI=1S/C19H36N4O5S2/c1-6-11(2)15(20)18(26)21-12(3)16(24)22-13(7-9-29-4)17(25)23-14(19(27)28)8-10-30-5/h11-15H,6-10,20H2,1-5H3,(H,21,26)(H,22,24)(H,23,25)(H,27,28). The Hall–Kier alpha value is -1.46. The van der Waals surface area contributed by atoms with Gasteiger partial charge < -0.3 is 26.8 Å². The highest BCUT2D eigenvalue weighted by Crippen LogP contribution is 2.07. The second kappa shape index (κ2) is 15.4. The molecule has 11 heteroatoms. The van der Waals surface area contributed by atoms with Gasteiger partial charge >= 0.3 is 5.97 Å². The van der Waals surface area contributed by atoms with Crippen LogP contribution in [0.4, 0.5) is 0 Å². The minimum atomic E-state index is -1.12. The number of carbonyl (C=O) groups is 4. The van der Waals surface area contributed by atoms with Crippen molar-refractivity contribution in [2.45, 2.75) is 64.2 Å². The lowest BCUT2D eigenvalue weighted by Crippen LogP contribution is -2.57. The first-order valence-corrected chi connectivity index (χ1v) is 12.7. The number of nitrogens with one attached hydrogen (secondary N) is 3. The van der Waals surface area contributed by atoms with Crippen molar-refractivity contribution in [1.29, 1.82) is 0 Å². The van der Waals surface area contributed by atoms with Crippen LogP contribution in [0, 0.1) is 5.92 Å².